The molecule has 1 N–H and O–H groups in total. The van der Waals surface area contributed by atoms with Crippen molar-refractivity contribution in [1.29, 1.82) is 0 Å². The Morgan fingerprint density at radius 2 is 2.25 bits per heavy atom. The van der Waals surface area contributed by atoms with Crippen LogP contribution in [0.25, 0.3) is 0 Å². The van der Waals surface area contributed by atoms with Gasteiger partial charge in [-0.05, 0) is 24.7 Å². The number of rotatable bonds is 2. The average Bonchev–Trinajstić information content (AvgIpc) is 3.12. The van der Waals surface area contributed by atoms with Crippen LogP contribution in [-0.2, 0) is 6.54 Å². The lowest BCUT2D eigenvalue weighted by Crippen LogP contribution is -2.41. The van der Waals surface area contributed by atoms with Gasteiger partial charge >= 0.3 is 0 Å². The van der Waals surface area contributed by atoms with Crippen LogP contribution in [0.3, 0.4) is 0 Å². The highest BCUT2D eigenvalue weighted by Crippen LogP contribution is 2.43. The van der Waals surface area contributed by atoms with Crippen LogP contribution in [-0.4, -0.2) is 36.0 Å². The molecule has 1 aliphatic carbocycles. The summed E-state index contributed by atoms with van der Waals surface area (Å²) in [5.41, 5.74) is 0.580. The van der Waals surface area contributed by atoms with E-state index >= 15 is 0 Å². The molecule has 3 rings (SSSR count). The summed E-state index contributed by atoms with van der Waals surface area (Å²) in [6, 6.07) is 0. The molecule has 110 valence electrons. The zero-order valence-electron chi connectivity index (χ0n) is 12.3. The molecule has 0 bridgehead atoms. The van der Waals surface area contributed by atoms with Crippen LogP contribution >= 0.6 is 11.3 Å². The third-order valence-electron chi connectivity index (χ3n) is 4.75. The highest BCUT2D eigenvalue weighted by atomic mass is 32.1. The third-order valence-corrected chi connectivity index (χ3v) is 5.52. The van der Waals surface area contributed by atoms with Crippen molar-refractivity contribution in [3.8, 4) is 0 Å². The van der Waals surface area contributed by atoms with Crippen molar-refractivity contribution < 1.29 is 0 Å². The molecule has 0 amide bonds. The van der Waals surface area contributed by atoms with Crippen LogP contribution in [0, 0.1) is 5.41 Å². The van der Waals surface area contributed by atoms with E-state index < -0.39 is 0 Å². The van der Waals surface area contributed by atoms with Gasteiger partial charge in [0.15, 0.2) is 5.96 Å². The first-order valence-electron chi connectivity index (χ1n) is 7.65. The molecule has 20 heavy (non-hydrogen) atoms. The molecule has 1 saturated heterocycles. The Hall–Kier alpha value is -1.10. The van der Waals surface area contributed by atoms with Gasteiger partial charge in [0.1, 0.15) is 5.01 Å². The largest absolute Gasteiger partial charge is 0.350 e. The smallest absolute Gasteiger partial charge is 0.194 e. The maximum absolute atomic E-state index is 4.46. The molecule has 1 aromatic heterocycles. The summed E-state index contributed by atoms with van der Waals surface area (Å²) in [7, 11) is 1.88. The van der Waals surface area contributed by atoms with Crippen molar-refractivity contribution in [1.82, 2.24) is 15.2 Å². The Balaban J connectivity index is 1.57. The third kappa shape index (κ3) is 2.97. The monoisotopic (exact) mass is 292 g/mol. The van der Waals surface area contributed by atoms with Gasteiger partial charge in [0, 0.05) is 31.7 Å². The van der Waals surface area contributed by atoms with E-state index in [1.165, 1.54) is 45.1 Å². The lowest BCUT2D eigenvalue weighted by atomic mass is 9.73. The van der Waals surface area contributed by atoms with Crippen LogP contribution in [0.2, 0.25) is 0 Å². The van der Waals surface area contributed by atoms with Crippen LogP contribution in [0.15, 0.2) is 16.6 Å². The molecular formula is C15H24N4S. The van der Waals surface area contributed by atoms with Crippen LogP contribution in [0.5, 0.6) is 0 Å². The predicted octanol–water partition coefficient (Wildman–Crippen LogP) is 2.87. The molecule has 1 aromatic rings. The summed E-state index contributed by atoms with van der Waals surface area (Å²) >= 11 is 1.69. The second-order valence-corrected chi connectivity index (χ2v) is 7.04. The lowest BCUT2D eigenvalue weighted by molar-refractivity contribution is 0.203. The second kappa shape index (κ2) is 6.12. The van der Waals surface area contributed by atoms with Gasteiger partial charge in [0.05, 0.1) is 6.54 Å². The Morgan fingerprint density at radius 1 is 1.40 bits per heavy atom. The van der Waals surface area contributed by atoms with Gasteiger partial charge in [-0.3, -0.25) is 4.99 Å². The number of hydrogen-bond acceptors (Lipinski definition) is 3. The summed E-state index contributed by atoms with van der Waals surface area (Å²) in [5.74, 6) is 1.04. The molecule has 2 heterocycles. The summed E-state index contributed by atoms with van der Waals surface area (Å²) in [4.78, 5) is 11.2. The number of hydrogen-bond donors (Lipinski definition) is 1. The molecule has 1 saturated carbocycles. The Labute approximate surface area is 125 Å². The SMILES string of the molecule is CN=C(NCc1nccs1)N1CCC2(CCCCC2)C1. The molecule has 2 fully saturated rings. The van der Waals surface area contributed by atoms with Gasteiger partial charge in [0.25, 0.3) is 0 Å². The quantitative estimate of drug-likeness (QED) is 0.673. The van der Waals surface area contributed by atoms with Gasteiger partial charge in [-0.15, -0.1) is 11.3 Å². The van der Waals surface area contributed by atoms with E-state index in [1.807, 2.05) is 18.6 Å². The van der Waals surface area contributed by atoms with E-state index in [1.54, 1.807) is 11.3 Å². The van der Waals surface area contributed by atoms with Crippen LogP contribution < -0.4 is 5.32 Å². The van der Waals surface area contributed by atoms with E-state index in [2.05, 4.69) is 20.2 Å². The van der Waals surface area contributed by atoms with Crippen molar-refractivity contribution in [2.75, 3.05) is 20.1 Å². The minimum atomic E-state index is 0.580. The molecule has 0 radical (unpaired) electrons. The van der Waals surface area contributed by atoms with Gasteiger partial charge in [-0.25, -0.2) is 4.98 Å². The van der Waals surface area contributed by atoms with E-state index in [-0.39, 0.29) is 0 Å². The first-order chi connectivity index (χ1) is 9.81. The van der Waals surface area contributed by atoms with Gasteiger partial charge in [-0.2, -0.15) is 0 Å². The van der Waals surface area contributed by atoms with E-state index in [0.717, 1.165) is 24.1 Å². The predicted molar refractivity (Wildman–Crippen MR) is 84.0 cm³/mol. The number of nitrogens with zero attached hydrogens (tertiary/aromatic N) is 3. The van der Waals surface area contributed by atoms with Crippen LogP contribution in [0.4, 0.5) is 0 Å². The zero-order chi connectivity index (χ0) is 13.8. The van der Waals surface area contributed by atoms with Gasteiger partial charge < -0.3 is 10.2 Å². The molecule has 5 heteroatoms. The Morgan fingerprint density at radius 3 is 2.95 bits per heavy atom. The first kappa shape index (κ1) is 13.9. The van der Waals surface area contributed by atoms with E-state index in [9.17, 15) is 0 Å². The van der Waals surface area contributed by atoms with Crippen molar-refractivity contribution in [2.45, 2.75) is 45.1 Å². The molecule has 1 spiro atoms. The lowest BCUT2D eigenvalue weighted by Gasteiger charge is -2.33. The standard InChI is InChI=1S/C15H24N4S/c1-16-14(18-11-13-17-8-10-20-13)19-9-7-15(12-19)5-3-2-4-6-15/h8,10H,2-7,9,11-12H2,1H3,(H,16,18). The van der Waals surface area contributed by atoms with Crippen molar-refractivity contribution >= 4 is 17.3 Å². The molecule has 1 aliphatic heterocycles. The van der Waals surface area contributed by atoms with Crippen molar-refractivity contribution in [3.05, 3.63) is 16.6 Å². The Kier molecular flexibility index (Phi) is 4.24. The molecule has 0 unspecified atom stereocenters. The normalized spacial score (nSPS) is 22.4. The van der Waals surface area contributed by atoms with Crippen LogP contribution in [0.1, 0.15) is 43.5 Å². The maximum atomic E-state index is 4.46. The highest BCUT2D eigenvalue weighted by molar-refractivity contribution is 7.09. The summed E-state index contributed by atoms with van der Waals surface area (Å²) in [5, 5.41) is 6.60. The minimum Gasteiger partial charge on any atom is -0.350 e. The maximum Gasteiger partial charge on any atom is 0.194 e. The fraction of sp³-hybridized carbons (Fsp3) is 0.733. The number of aromatic nitrogens is 1. The van der Waals surface area contributed by atoms with Gasteiger partial charge in [0.2, 0.25) is 0 Å². The fourth-order valence-electron chi connectivity index (χ4n) is 3.65. The zero-order valence-corrected chi connectivity index (χ0v) is 13.1. The second-order valence-electron chi connectivity index (χ2n) is 6.06. The average molecular weight is 292 g/mol. The highest BCUT2D eigenvalue weighted by Gasteiger charge is 2.39. The molecule has 0 aromatic carbocycles. The number of thiazole rings is 1. The molecule has 0 atom stereocenters. The van der Waals surface area contributed by atoms with Gasteiger partial charge in [-0.1, -0.05) is 19.3 Å². The number of aliphatic imine (C=N–C) groups is 1. The first-order valence-corrected chi connectivity index (χ1v) is 8.53. The van der Waals surface area contributed by atoms with Crippen molar-refractivity contribution in [2.24, 2.45) is 10.4 Å². The topological polar surface area (TPSA) is 40.5 Å². The number of guanidine groups is 1. The number of nitrogens with one attached hydrogen (secondary N) is 1. The van der Waals surface area contributed by atoms with E-state index in [0.29, 0.717) is 5.41 Å². The Bertz CT molecular complexity index is 448. The van der Waals surface area contributed by atoms with E-state index in [4.69, 9.17) is 0 Å². The number of likely N-dealkylation sites (tertiary alicyclic amines) is 1. The van der Waals surface area contributed by atoms with Crippen molar-refractivity contribution in [3.63, 3.8) is 0 Å². The molecule has 4 nitrogen and oxygen atoms in total. The minimum absolute atomic E-state index is 0.580. The summed E-state index contributed by atoms with van der Waals surface area (Å²) in [6.07, 6.45) is 10.3. The summed E-state index contributed by atoms with van der Waals surface area (Å²) < 4.78 is 0. The molecular weight excluding hydrogens is 268 g/mol. The molecule has 2 aliphatic rings. The summed E-state index contributed by atoms with van der Waals surface area (Å²) in [6.45, 7) is 3.12. The fourth-order valence-corrected chi connectivity index (χ4v) is 4.21.